The second-order valence-electron chi connectivity index (χ2n) is 6.93. The smallest absolute Gasteiger partial charge is 0.225 e. The molecule has 0 atom stereocenters. The third kappa shape index (κ3) is 4.20. The van der Waals surface area contributed by atoms with Gasteiger partial charge in [0.1, 0.15) is 11.4 Å². The van der Waals surface area contributed by atoms with Crippen LogP contribution >= 0.6 is 11.7 Å². The van der Waals surface area contributed by atoms with E-state index in [4.69, 9.17) is 0 Å². The lowest BCUT2D eigenvalue weighted by Gasteiger charge is -2.26. The third-order valence-corrected chi connectivity index (χ3v) is 6.60. The van der Waals surface area contributed by atoms with Gasteiger partial charge in [0.25, 0.3) is 0 Å². The van der Waals surface area contributed by atoms with Gasteiger partial charge in [-0.1, -0.05) is 25.1 Å². The van der Waals surface area contributed by atoms with Crippen molar-refractivity contribution in [3.63, 3.8) is 0 Å². The summed E-state index contributed by atoms with van der Waals surface area (Å²) in [5, 5.41) is 0. The summed E-state index contributed by atoms with van der Waals surface area (Å²) in [5.74, 6) is 0.741. The summed E-state index contributed by atoms with van der Waals surface area (Å²) in [6, 6.07) is 6.80. The minimum absolute atomic E-state index is 0.299. The molecule has 0 bridgehead atoms. The average Bonchev–Trinajstić information content (AvgIpc) is 3.23. The Hall–Kier alpha value is -2.65. The van der Waals surface area contributed by atoms with Crippen molar-refractivity contribution in [2.75, 3.05) is 24.2 Å². The topological polar surface area (TPSA) is 88.9 Å². The largest absolute Gasteiger partial charge is 0.337 e. The fourth-order valence-corrected chi connectivity index (χ4v) is 4.44. The molecule has 1 aliphatic rings. The fourth-order valence-electron chi connectivity index (χ4n) is 3.21. The van der Waals surface area contributed by atoms with Gasteiger partial charge in [0.15, 0.2) is 9.84 Å². The van der Waals surface area contributed by atoms with Gasteiger partial charge in [0, 0.05) is 37.3 Å². The van der Waals surface area contributed by atoms with Crippen LogP contribution in [0.3, 0.4) is 0 Å². The monoisotopic (exact) mass is 427 g/mol. The van der Waals surface area contributed by atoms with E-state index in [0.717, 1.165) is 53.4 Å². The maximum Gasteiger partial charge on any atom is 0.225 e. The molecule has 0 unspecified atom stereocenters. The van der Waals surface area contributed by atoms with Gasteiger partial charge < -0.3 is 4.90 Å². The highest BCUT2D eigenvalue weighted by atomic mass is 32.2. The van der Waals surface area contributed by atoms with Gasteiger partial charge >= 0.3 is 0 Å². The predicted molar refractivity (Wildman–Crippen MR) is 115 cm³/mol. The van der Waals surface area contributed by atoms with Gasteiger partial charge in [0.05, 0.1) is 16.6 Å². The van der Waals surface area contributed by atoms with Gasteiger partial charge in [0.2, 0.25) is 5.95 Å². The summed E-state index contributed by atoms with van der Waals surface area (Å²) in [4.78, 5) is 11.4. The van der Waals surface area contributed by atoms with Crippen molar-refractivity contribution in [3.8, 4) is 11.3 Å². The lowest BCUT2D eigenvalue weighted by molar-refractivity contribution is 0.602. The van der Waals surface area contributed by atoms with Crippen molar-refractivity contribution in [2.45, 2.75) is 24.7 Å². The molecular formula is C20H21N5O2S2. The summed E-state index contributed by atoms with van der Waals surface area (Å²) in [5.41, 5.74) is 4.79. The average molecular weight is 428 g/mol. The fraction of sp³-hybridized carbons (Fsp3) is 0.300. The first-order chi connectivity index (χ1) is 14.0. The molecule has 1 aliphatic heterocycles. The van der Waals surface area contributed by atoms with Gasteiger partial charge in [-0.25, -0.2) is 18.4 Å². The highest BCUT2D eigenvalue weighted by Crippen LogP contribution is 2.31. The van der Waals surface area contributed by atoms with Crippen LogP contribution in [0.2, 0.25) is 0 Å². The zero-order valence-electron chi connectivity index (χ0n) is 16.2. The molecule has 0 saturated heterocycles. The van der Waals surface area contributed by atoms with E-state index in [-0.39, 0.29) is 0 Å². The summed E-state index contributed by atoms with van der Waals surface area (Å²) in [6.45, 7) is 3.61. The lowest BCUT2D eigenvalue weighted by Crippen LogP contribution is -2.30. The maximum atomic E-state index is 11.7. The number of hydrogen-bond donors (Lipinski definition) is 0. The molecule has 9 heteroatoms. The van der Waals surface area contributed by atoms with Crippen molar-refractivity contribution in [1.82, 2.24) is 18.7 Å². The first kappa shape index (κ1) is 19.7. The van der Waals surface area contributed by atoms with Crippen LogP contribution in [0.25, 0.3) is 16.8 Å². The normalized spacial score (nSPS) is 14.7. The van der Waals surface area contributed by atoms with E-state index >= 15 is 0 Å². The van der Waals surface area contributed by atoms with Gasteiger partial charge in [-0.3, -0.25) is 0 Å². The Balaban J connectivity index is 1.55. The highest BCUT2D eigenvalue weighted by molar-refractivity contribution is 7.90. The number of sulfone groups is 1. The summed E-state index contributed by atoms with van der Waals surface area (Å²) in [6.07, 6.45) is 8.85. The third-order valence-electron chi connectivity index (χ3n) is 4.94. The van der Waals surface area contributed by atoms with E-state index in [1.807, 2.05) is 12.4 Å². The van der Waals surface area contributed by atoms with Crippen LogP contribution in [0, 0.1) is 0 Å². The van der Waals surface area contributed by atoms with Crippen LogP contribution < -0.4 is 4.90 Å². The van der Waals surface area contributed by atoms with Crippen LogP contribution in [-0.4, -0.2) is 46.5 Å². The number of aromatic nitrogens is 4. The molecule has 2 aromatic heterocycles. The van der Waals surface area contributed by atoms with Gasteiger partial charge in [-0.05, 0) is 36.1 Å². The second-order valence-corrected chi connectivity index (χ2v) is 9.47. The molecule has 4 rings (SSSR count). The first-order valence-corrected chi connectivity index (χ1v) is 12.0. The summed E-state index contributed by atoms with van der Waals surface area (Å²) in [7, 11) is -3.22. The van der Waals surface area contributed by atoms with E-state index < -0.39 is 9.84 Å². The molecule has 0 radical (unpaired) electrons. The van der Waals surface area contributed by atoms with Gasteiger partial charge in [-0.2, -0.15) is 8.75 Å². The molecule has 3 aromatic rings. The van der Waals surface area contributed by atoms with E-state index in [1.54, 1.807) is 24.3 Å². The Morgan fingerprint density at radius 3 is 2.34 bits per heavy atom. The number of benzene rings is 1. The molecule has 7 nitrogen and oxygen atoms in total. The number of aryl methyl sites for hydroxylation is 1. The highest BCUT2D eigenvalue weighted by Gasteiger charge is 2.21. The zero-order valence-corrected chi connectivity index (χ0v) is 17.9. The molecule has 0 fully saturated rings. The minimum Gasteiger partial charge on any atom is -0.337 e. The van der Waals surface area contributed by atoms with Crippen LogP contribution in [-0.2, 0) is 16.3 Å². The summed E-state index contributed by atoms with van der Waals surface area (Å²) >= 11 is 1.17. The molecule has 0 N–H and O–H groups in total. The minimum atomic E-state index is -3.22. The Morgan fingerprint density at radius 1 is 1.07 bits per heavy atom. The second kappa shape index (κ2) is 8.00. The van der Waals surface area contributed by atoms with E-state index in [0.29, 0.717) is 11.4 Å². The van der Waals surface area contributed by atoms with E-state index in [9.17, 15) is 8.42 Å². The number of rotatable bonds is 5. The Kier molecular flexibility index (Phi) is 5.42. The molecule has 0 amide bonds. The molecule has 0 aliphatic carbocycles. The zero-order chi connectivity index (χ0) is 20.4. The van der Waals surface area contributed by atoms with E-state index in [2.05, 4.69) is 36.6 Å². The number of nitrogens with zero attached hydrogens (tertiary/aromatic N) is 5. The molecule has 29 heavy (non-hydrogen) atoms. The molecular weight excluding hydrogens is 406 g/mol. The van der Waals surface area contributed by atoms with Crippen molar-refractivity contribution in [3.05, 3.63) is 54.0 Å². The number of anilines is 1. The van der Waals surface area contributed by atoms with Crippen molar-refractivity contribution in [2.24, 2.45) is 0 Å². The Morgan fingerprint density at radius 2 is 1.76 bits per heavy atom. The molecule has 150 valence electrons. The van der Waals surface area contributed by atoms with Crippen LogP contribution in [0.4, 0.5) is 5.95 Å². The SMILES string of the molecule is CCc1cnc(N2CC=C(c3nsnc3-c3ccc(S(C)(=O)=O)cc3)CC2)nc1. The van der Waals surface area contributed by atoms with E-state index in [1.165, 1.54) is 18.0 Å². The predicted octanol–water partition coefficient (Wildman–Crippen LogP) is 3.25. The van der Waals surface area contributed by atoms with Crippen LogP contribution in [0.5, 0.6) is 0 Å². The van der Waals surface area contributed by atoms with Crippen molar-refractivity contribution < 1.29 is 8.42 Å². The first-order valence-electron chi connectivity index (χ1n) is 9.34. The lowest BCUT2D eigenvalue weighted by atomic mass is 10.0. The Bertz CT molecular complexity index is 1140. The molecule has 3 heterocycles. The molecule has 0 spiro atoms. The molecule has 1 aromatic carbocycles. The van der Waals surface area contributed by atoms with Crippen LogP contribution in [0.1, 0.15) is 24.6 Å². The maximum absolute atomic E-state index is 11.7. The standard InChI is InChI=1S/C20H21N5O2S2/c1-3-14-12-21-20(22-13-14)25-10-8-16(9-11-25)19-18(23-28-24-19)15-4-6-17(7-5-15)29(2,26)27/h4-8,12-13H,3,9-11H2,1-2H3. The van der Waals surface area contributed by atoms with Gasteiger partial charge in [-0.15, -0.1) is 0 Å². The quantitative estimate of drug-likeness (QED) is 0.617. The summed E-state index contributed by atoms with van der Waals surface area (Å²) < 4.78 is 32.3. The Labute approximate surface area is 174 Å². The van der Waals surface area contributed by atoms with Crippen LogP contribution in [0.15, 0.2) is 47.6 Å². The van der Waals surface area contributed by atoms with Crippen molar-refractivity contribution in [1.29, 1.82) is 0 Å². The molecule has 0 saturated carbocycles. The van der Waals surface area contributed by atoms with Crippen molar-refractivity contribution >= 4 is 33.1 Å². The number of hydrogen-bond acceptors (Lipinski definition) is 8.